The van der Waals surface area contributed by atoms with Gasteiger partial charge in [-0.2, -0.15) is 0 Å². The van der Waals surface area contributed by atoms with Crippen LogP contribution in [0.1, 0.15) is 33.6 Å². The van der Waals surface area contributed by atoms with Crippen LogP contribution in [0.4, 0.5) is 0 Å². The van der Waals surface area contributed by atoms with Crippen LogP contribution >= 0.6 is 0 Å². The molecule has 84 valence electrons. The molecule has 0 heterocycles. The first kappa shape index (κ1) is 13.4. The number of nitrogens with two attached hydrogens (primary N) is 1. The van der Waals surface area contributed by atoms with Gasteiger partial charge in [0.25, 0.3) is 0 Å². The van der Waals surface area contributed by atoms with Crippen LogP contribution in [-0.4, -0.2) is 29.7 Å². The second-order valence-corrected chi connectivity index (χ2v) is 3.94. The maximum Gasteiger partial charge on any atom is 0.237 e. The highest BCUT2D eigenvalue weighted by molar-refractivity contribution is 5.81. The van der Waals surface area contributed by atoms with E-state index in [9.17, 15) is 4.79 Å². The van der Waals surface area contributed by atoms with Gasteiger partial charge in [0.2, 0.25) is 5.91 Å². The van der Waals surface area contributed by atoms with E-state index in [2.05, 4.69) is 5.32 Å². The Labute approximate surface area is 85.9 Å². The largest absolute Gasteiger partial charge is 0.394 e. The third-order valence-electron chi connectivity index (χ3n) is 2.27. The van der Waals surface area contributed by atoms with Gasteiger partial charge in [-0.1, -0.05) is 27.2 Å². The van der Waals surface area contributed by atoms with Crippen molar-refractivity contribution in [2.45, 2.75) is 45.7 Å². The highest BCUT2D eigenvalue weighted by Crippen LogP contribution is 2.01. The van der Waals surface area contributed by atoms with Crippen molar-refractivity contribution >= 4 is 5.91 Å². The Bertz CT molecular complexity index is 172. The number of aliphatic hydroxyl groups is 1. The molecule has 0 radical (unpaired) electrons. The Kier molecular flexibility index (Phi) is 6.49. The molecule has 0 spiro atoms. The molecule has 0 unspecified atom stereocenters. The molecule has 14 heavy (non-hydrogen) atoms. The van der Waals surface area contributed by atoms with E-state index in [1.54, 1.807) is 0 Å². The average molecular weight is 202 g/mol. The molecule has 0 aliphatic rings. The van der Waals surface area contributed by atoms with Crippen LogP contribution in [0.3, 0.4) is 0 Å². The first-order chi connectivity index (χ1) is 6.52. The Morgan fingerprint density at radius 3 is 2.43 bits per heavy atom. The smallest absolute Gasteiger partial charge is 0.237 e. The quantitative estimate of drug-likeness (QED) is 0.578. The van der Waals surface area contributed by atoms with Crippen molar-refractivity contribution in [3.8, 4) is 0 Å². The lowest BCUT2D eigenvalue weighted by molar-refractivity contribution is -0.123. The number of aliphatic hydroxyl groups excluding tert-OH is 1. The molecule has 4 N–H and O–H groups in total. The Balaban J connectivity index is 4.01. The first-order valence-corrected chi connectivity index (χ1v) is 5.19. The van der Waals surface area contributed by atoms with Gasteiger partial charge in [0.05, 0.1) is 18.7 Å². The number of carbonyl (C=O) groups excluding carboxylic acids is 1. The summed E-state index contributed by atoms with van der Waals surface area (Å²) in [4.78, 5) is 11.5. The lowest BCUT2D eigenvalue weighted by Crippen LogP contribution is -2.48. The molecule has 0 aliphatic carbocycles. The molecule has 0 aliphatic heterocycles. The van der Waals surface area contributed by atoms with Crippen LogP contribution in [0.25, 0.3) is 0 Å². The fraction of sp³-hybridized carbons (Fsp3) is 0.900. The van der Waals surface area contributed by atoms with Gasteiger partial charge in [-0.15, -0.1) is 0 Å². The maximum atomic E-state index is 11.5. The third-order valence-corrected chi connectivity index (χ3v) is 2.27. The molecule has 0 aromatic heterocycles. The summed E-state index contributed by atoms with van der Waals surface area (Å²) in [5.41, 5.74) is 5.64. The Morgan fingerprint density at radius 2 is 2.07 bits per heavy atom. The third kappa shape index (κ3) is 4.58. The molecule has 0 aromatic carbocycles. The predicted molar refractivity (Wildman–Crippen MR) is 56.7 cm³/mol. The van der Waals surface area contributed by atoms with Gasteiger partial charge in [0, 0.05) is 0 Å². The van der Waals surface area contributed by atoms with Crippen LogP contribution in [0, 0.1) is 5.92 Å². The summed E-state index contributed by atoms with van der Waals surface area (Å²) in [6.45, 7) is 5.85. The predicted octanol–water partition coefficient (Wildman–Crippen LogP) is 0.247. The fourth-order valence-electron chi connectivity index (χ4n) is 1.15. The highest BCUT2D eigenvalue weighted by Gasteiger charge is 2.18. The topological polar surface area (TPSA) is 75.4 Å². The van der Waals surface area contributed by atoms with Crippen molar-refractivity contribution in [3.63, 3.8) is 0 Å². The Hall–Kier alpha value is -0.610. The van der Waals surface area contributed by atoms with Gasteiger partial charge in [0.1, 0.15) is 0 Å². The number of carbonyl (C=O) groups is 1. The molecule has 2 atom stereocenters. The molecular formula is C10H22N2O2. The van der Waals surface area contributed by atoms with E-state index < -0.39 is 6.04 Å². The minimum Gasteiger partial charge on any atom is -0.394 e. The van der Waals surface area contributed by atoms with Gasteiger partial charge in [-0.05, 0) is 12.3 Å². The minimum absolute atomic E-state index is 0.0394. The molecule has 1 amide bonds. The van der Waals surface area contributed by atoms with Crippen molar-refractivity contribution in [2.24, 2.45) is 11.7 Å². The number of hydrogen-bond acceptors (Lipinski definition) is 3. The summed E-state index contributed by atoms with van der Waals surface area (Å²) in [5, 5.41) is 11.7. The van der Waals surface area contributed by atoms with E-state index in [0.29, 0.717) is 6.42 Å². The number of amides is 1. The highest BCUT2D eigenvalue weighted by atomic mass is 16.3. The van der Waals surface area contributed by atoms with Gasteiger partial charge in [-0.25, -0.2) is 0 Å². The molecule has 0 aromatic rings. The standard InChI is InChI=1S/C10H22N2O2/c1-4-5-8(11)10(14)12-9(6-13)7(2)3/h7-9,13H,4-6,11H2,1-3H3,(H,12,14)/t8-,9+/m0/s1. The van der Waals surface area contributed by atoms with E-state index in [1.807, 2.05) is 20.8 Å². The SMILES string of the molecule is CCC[C@H](N)C(=O)N[C@H](CO)C(C)C. The van der Waals surface area contributed by atoms with Crippen LogP contribution < -0.4 is 11.1 Å². The van der Waals surface area contributed by atoms with Crippen LogP contribution in [-0.2, 0) is 4.79 Å². The maximum absolute atomic E-state index is 11.5. The molecular weight excluding hydrogens is 180 g/mol. The van der Waals surface area contributed by atoms with Crippen molar-refractivity contribution in [1.29, 1.82) is 0 Å². The molecule has 0 bridgehead atoms. The number of nitrogens with one attached hydrogen (secondary N) is 1. The van der Waals surface area contributed by atoms with Crippen molar-refractivity contribution in [2.75, 3.05) is 6.61 Å². The summed E-state index contributed by atoms with van der Waals surface area (Å²) in [6, 6.07) is -0.641. The normalized spacial score (nSPS) is 15.3. The monoisotopic (exact) mass is 202 g/mol. The molecule has 0 saturated carbocycles. The Morgan fingerprint density at radius 1 is 1.50 bits per heavy atom. The van der Waals surface area contributed by atoms with Gasteiger partial charge < -0.3 is 16.2 Å². The second kappa shape index (κ2) is 6.79. The lowest BCUT2D eigenvalue weighted by atomic mass is 10.0. The van der Waals surface area contributed by atoms with Crippen molar-refractivity contribution in [1.82, 2.24) is 5.32 Å². The van der Waals surface area contributed by atoms with E-state index >= 15 is 0 Å². The zero-order chi connectivity index (χ0) is 11.1. The van der Waals surface area contributed by atoms with Crippen LogP contribution in [0.5, 0.6) is 0 Å². The zero-order valence-electron chi connectivity index (χ0n) is 9.29. The summed E-state index contributed by atoms with van der Waals surface area (Å²) < 4.78 is 0. The minimum atomic E-state index is -0.451. The van der Waals surface area contributed by atoms with Gasteiger partial charge >= 0.3 is 0 Å². The zero-order valence-corrected chi connectivity index (χ0v) is 9.29. The van der Waals surface area contributed by atoms with Crippen LogP contribution in [0.2, 0.25) is 0 Å². The van der Waals surface area contributed by atoms with Crippen molar-refractivity contribution < 1.29 is 9.90 Å². The summed E-state index contributed by atoms with van der Waals surface area (Å²) in [6.07, 6.45) is 1.57. The molecule has 0 rings (SSSR count). The second-order valence-electron chi connectivity index (χ2n) is 3.94. The summed E-state index contributed by atoms with van der Waals surface area (Å²) in [5.74, 6) is 0.0531. The average Bonchev–Trinajstić information content (AvgIpc) is 2.13. The van der Waals surface area contributed by atoms with Gasteiger partial charge in [0.15, 0.2) is 0 Å². The van der Waals surface area contributed by atoms with Gasteiger partial charge in [-0.3, -0.25) is 4.79 Å². The van der Waals surface area contributed by atoms with E-state index in [0.717, 1.165) is 6.42 Å². The fourth-order valence-corrected chi connectivity index (χ4v) is 1.15. The lowest BCUT2D eigenvalue weighted by Gasteiger charge is -2.21. The van der Waals surface area contributed by atoms with Crippen LogP contribution in [0.15, 0.2) is 0 Å². The first-order valence-electron chi connectivity index (χ1n) is 5.19. The van der Waals surface area contributed by atoms with E-state index in [1.165, 1.54) is 0 Å². The number of rotatable bonds is 6. The van der Waals surface area contributed by atoms with Crippen molar-refractivity contribution in [3.05, 3.63) is 0 Å². The summed E-state index contributed by atoms with van der Waals surface area (Å²) in [7, 11) is 0. The van der Waals surface area contributed by atoms with E-state index in [-0.39, 0.29) is 24.5 Å². The van der Waals surface area contributed by atoms with E-state index in [4.69, 9.17) is 10.8 Å². The summed E-state index contributed by atoms with van der Waals surface area (Å²) >= 11 is 0. The molecule has 0 fully saturated rings. The molecule has 4 nitrogen and oxygen atoms in total. The molecule has 0 saturated heterocycles. The molecule has 4 heteroatoms. The number of hydrogen-bond donors (Lipinski definition) is 3.